The van der Waals surface area contributed by atoms with Gasteiger partial charge in [0.15, 0.2) is 5.16 Å². The third kappa shape index (κ3) is 6.88. The summed E-state index contributed by atoms with van der Waals surface area (Å²) < 4.78 is 5.46. The molecular formula is C27H39N7O3S. The Bertz CT molecular complexity index is 1050. The van der Waals surface area contributed by atoms with Gasteiger partial charge >= 0.3 is 0 Å². The number of nitrogens with one attached hydrogen (secondary N) is 1. The highest BCUT2D eigenvalue weighted by Crippen LogP contribution is 2.26. The molecule has 0 saturated carbocycles. The van der Waals surface area contributed by atoms with Gasteiger partial charge in [-0.15, -0.1) is 0 Å². The lowest BCUT2D eigenvalue weighted by Crippen LogP contribution is -2.51. The fourth-order valence-electron chi connectivity index (χ4n) is 5.25. The predicted octanol–water partition coefficient (Wildman–Crippen LogP) is 2.13. The van der Waals surface area contributed by atoms with E-state index in [0.29, 0.717) is 12.5 Å². The number of hydrogen-bond acceptors (Lipinski definition) is 10. The Balaban J connectivity index is 1.16. The zero-order valence-corrected chi connectivity index (χ0v) is 23.0. The van der Waals surface area contributed by atoms with Crippen molar-refractivity contribution in [3.63, 3.8) is 0 Å². The third-order valence-corrected chi connectivity index (χ3v) is 8.22. The first-order valence-corrected chi connectivity index (χ1v) is 14.8. The second kappa shape index (κ2) is 13.0. The Kier molecular flexibility index (Phi) is 9.21. The maximum Gasteiger partial charge on any atom is 0.236 e. The lowest BCUT2D eigenvalue weighted by Gasteiger charge is -2.37. The molecule has 0 unspecified atom stereocenters. The summed E-state index contributed by atoms with van der Waals surface area (Å²) in [5, 5.41) is 13.5. The molecule has 0 atom stereocenters. The minimum absolute atomic E-state index is 0.202. The van der Waals surface area contributed by atoms with Crippen LogP contribution in [0, 0.1) is 5.92 Å². The molecule has 1 aromatic carbocycles. The van der Waals surface area contributed by atoms with Crippen molar-refractivity contribution in [3.05, 3.63) is 30.3 Å². The number of piperidine rings is 1. The molecular weight excluding hydrogens is 502 g/mol. The molecule has 1 amide bonds. The molecule has 1 aromatic heterocycles. The van der Waals surface area contributed by atoms with E-state index >= 15 is 0 Å². The quantitative estimate of drug-likeness (QED) is 0.382. The molecule has 0 spiro atoms. The Labute approximate surface area is 229 Å². The van der Waals surface area contributed by atoms with Gasteiger partial charge in [-0.3, -0.25) is 9.69 Å². The van der Waals surface area contributed by atoms with Crippen molar-refractivity contribution in [2.24, 2.45) is 5.92 Å². The molecule has 2 aromatic rings. The van der Waals surface area contributed by atoms with Crippen LogP contribution in [0.4, 0.5) is 23.0 Å². The van der Waals surface area contributed by atoms with Crippen LogP contribution in [-0.4, -0.2) is 116 Å². The highest BCUT2D eigenvalue weighted by molar-refractivity contribution is 7.98. The maximum absolute atomic E-state index is 12.8. The molecule has 0 radical (unpaired) electrons. The summed E-state index contributed by atoms with van der Waals surface area (Å²) in [6.07, 6.45) is 3.79. The van der Waals surface area contributed by atoms with E-state index in [1.54, 1.807) is 0 Å². The lowest BCUT2D eigenvalue weighted by atomic mass is 9.98. The monoisotopic (exact) mass is 541 g/mol. The minimum Gasteiger partial charge on any atom is -0.396 e. The Morgan fingerprint density at radius 2 is 1.71 bits per heavy atom. The number of hydrogen-bond donors (Lipinski definition) is 2. The molecule has 38 heavy (non-hydrogen) atoms. The van der Waals surface area contributed by atoms with Crippen molar-refractivity contribution < 1.29 is 14.6 Å². The summed E-state index contributed by atoms with van der Waals surface area (Å²) >= 11 is 1.54. The van der Waals surface area contributed by atoms with Crippen LogP contribution in [0.15, 0.2) is 35.5 Å². The van der Waals surface area contributed by atoms with Crippen LogP contribution >= 0.6 is 11.8 Å². The summed E-state index contributed by atoms with van der Waals surface area (Å²) in [5.74, 6) is 2.24. The number of morpholine rings is 1. The van der Waals surface area contributed by atoms with Gasteiger partial charge in [0.1, 0.15) is 11.6 Å². The second-order valence-electron chi connectivity index (χ2n) is 10.1. The standard InChI is InChI=1S/C27H39N7O3S/c1-38-27-29-24(28-22-2-4-23(5-3-22)32-14-16-37-17-15-32)18-25(30-27)33-12-10-31(11-13-33)19-26(36)34-8-6-21(20-35)7-9-34/h2-5,18,21,35H,6-17,19-20H2,1H3,(H,28,29,30). The van der Waals surface area contributed by atoms with Crippen LogP contribution in [0.3, 0.4) is 0 Å². The van der Waals surface area contributed by atoms with Gasteiger partial charge in [0.2, 0.25) is 5.91 Å². The third-order valence-electron chi connectivity index (χ3n) is 7.67. The van der Waals surface area contributed by atoms with Crippen LogP contribution in [-0.2, 0) is 9.53 Å². The van der Waals surface area contributed by atoms with Gasteiger partial charge in [-0.1, -0.05) is 11.8 Å². The Morgan fingerprint density at radius 1 is 1.00 bits per heavy atom. The Hall–Kier alpha value is -2.60. The van der Waals surface area contributed by atoms with Gasteiger partial charge in [0.05, 0.1) is 19.8 Å². The zero-order valence-electron chi connectivity index (χ0n) is 22.2. The summed E-state index contributed by atoms with van der Waals surface area (Å²) in [6.45, 7) is 8.87. The van der Waals surface area contributed by atoms with Crippen molar-refractivity contribution in [3.8, 4) is 0 Å². The first-order chi connectivity index (χ1) is 18.6. The number of nitrogens with zero attached hydrogens (tertiary/aromatic N) is 6. The Morgan fingerprint density at radius 3 is 2.37 bits per heavy atom. The molecule has 0 bridgehead atoms. The molecule has 0 aliphatic carbocycles. The molecule has 3 saturated heterocycles. The molecule has 10 nitrogen and oxygen atoms in total. The number of piperazine rings is 1. The first-order valence-electron chi connectivity index (χ1n) is 13.6. The van der Waals surface area contributed by atoms with Crippen LogP contribution in [0.1, 0.15) is 12.8 Å². The van der Waals surface area contributed by atoms with Gasteiger partial charge in [-0.2, -0.15) is 0 Å². The van der Waals surface area contributed by atoms with E-state index in [9.17, 15) is 9.90 Å². The molecule has 3 fully saturated rings. The number of rotatable bonds is 8. The van der Waals surface area contributed by atoms with E-state index in [4.69, 9.17) is 9.72 Å². The van der Waals surface area contributed by atoms with E-state index in [2.05, 4.69) is 49.3 Å². The number of ether oxygens (including phenoxy) is 1. The van der Waals surface area contributed by atoms with Gasteiger partial charge in [-0.25, -0.2) is 9.97 Å². The lowest BCUT2D eigenvalue weighted by molar-refractivity contribution is -0.134. The summed E-state index contributed by atoms with van der Waals surface area (Å²) in [7, 11) is 0. The van der Waals surface area contributed by atoms with Crippen LogP contribution in [0.5, 0.6) is 0 Å². The topological polar surface area (TPSA) is 97.3 Å². The van der Waals surface area contributed by atoms with Gasteiger partial charge in [0, 0.05) is 76.4 Å². The average Bonchev–Trinajstić information content (AvgIpc) is 2.98. The second-order valence-corrected chi connectivity index (χ2v) is 10.9. The van der Waals surface area contributed by atoms with Crippen molar-refractivity contribution in [2.45, 2.75) is 18.0 Å². The number of anilines is 4. The molecule has 11 heteroatoms. The summed E-state index contributed by atoms with van der Waals surface area (Å²) in [4.78, 5) is 31.1. The van der Waals surface area contributed by atoms with Crippen molar-refractivity contribution in [2.75, 3.05) is 100 Å². The van der Waals surface area contributed by atoms with Gasteiger partial charge in [-0.05, 0) is 49.3 Å². The van der Waals surface area contributed by atoms with Gasteiger partial charge < -0.3 is 29.9 Å². The highest BCUT2D eigenvalue weighted by Gasteiger charge is 2.26. The summed E-state index contributed by atoms with van der Waals surface area (Å²) in [6, 6.07) is 10.5. The molecule has 2 N–H and O–H groups in total. The zero-order chi connectivity index (χ0) is 26.3. The van der Waals surface area contributed by atoms with Crippen LogP contribution in [0.25, 0.3) is 0 Å². The number of aliphatic hydroxyl groups excluding tert-OH is 1. The number of aliphatic hydroxyl groups is 1. The molecule has 3 aliphatic rings. The minimum atomic E-state index is 0.202. The van der Waals surface area contributed by atoms with E-state index in [0.717, 1.165) is 101 Å². The fraction of sp³-hybridized carbons (Fsp3) is 0.593. The van der Waals surface area contributed by atoms with Crippen molar-refractivity contribution >= 4 is 40.7 Å². The van der Waals surface area contributed by atoms with Crippen LogP contribution < -0.4 is 15.1 Å². The fourth-order valence-corrected chi connectivity index (χ4v) is 5.62. The molecule has 5 rings (SSSR count). The van der Waals surface area contributed by atoms with E-state index in [1.165, 1.54) is 17.4 Å². The SMILES string of the molecule is CSc1nc(Nc2ccc(N3CCOCC3)cc2)cc(N2CCN(CC(=O)N3CCC(CO)CC3)CC2)n1. The number of aromatic nitrogens is 2. The normalized spacial score (nSPS) is 19.6. The molecule has 3 aliphatic heterocycles. The number of thioether (sulfide) groups is 1. The van der Waals surface area contributed by atoms with Crippen molar-refractivity contribution in [1.82, 2.24) is 19.8 Å². The van der Waals surface area contributed by atoms with E-state index in [-0.39, 0.29) is 12.5 Å². The van der Waals surface area contributed by atoms with Crippen molar-refractivity contribution in [1.29, 1.82) is 0 Å². The van der Waals surface area contributed by atoms with E-state index < -0.39 is 0 Å². The highest BCUT2D eigenvalue weighted by atomic mass is 32.2. The maximum atomic E-state index is 12.8. The number of carbonyl (C=O) groups is 1. The number of carbonyl (C=O) groups excluding carboxylic acids is 1. The largest absolute Gasteiger partial charge is 0.396 e. The number of amides is 1. The number of benzene rings is 1. The first kappa shape index (κ1) is 27.0. The molecule has 206 valence electrons. The van der Waals surface area contributed by atoms with Crippen LogP contribution in [0.2, 0.25) is 0 Å². The smallest absolute Gasteiger partial charge is 0.236 e. The van der Waals surface area contributed by atoms with E-state index in [1.807, 2.05) is 17.2 Å². The predicted molar refractivity (Wildman–Crippen MR) is 152 cm³/mol. The molecule has 4 heterocycles. The average molecular weight is 542 g/mol. The number of likely N-dealkylation sites (tertiary alicyclic amines) is 1. The van der Waals surface area contributed by atoms with Gasteiger partial charge in [0.25, 0.3) is 0 Å². The summed E-state index contributed by atoms with van der Waals surface area (Å²) in [5.41, 5.74) is 2.20.